The van der Waals surface area contributed by atoms with Gasteiger partial charge in [-0.05, 0) is 23.8 Å². The topological polar surface area (TPSA) is 77.5 Å². The molecule has 2 rings (SSSR count). The molecule has 0 aliphatic carbocycles. The van der Waals surface area contributed by atoms with Crippen LogP contribution in [-0.2, 0) is 22.3 Å². The van der Waals surface area contributed by atoms with Gasteiger partial charge in [-0.25, -0.2) is 0 Å². The van der Waals surface area contributed by atoms with Crippen LogP contribution in [0, 0.1) is 0 Å². The molecule has 9 heteroatoms. The molecule has 1 aromatic heterocycles. The second-order valence-electron chi connectivity index (χ2n) is 5.11. The number of ether oxygens (including phenoxy) is 2. The van der Waals surface area contributed by atoms with E-state index in [0.29, 0.717) is 17.4 Å². The van der Waals surface area contributed by atoms with Crippen LogP contribution in [0.3, 0.4) is 0 Å². The molecule has 138 valence electrons. The van der Waals surface area contributed by atoms with Gasteiger partial charge in [0.1, 0.15) is 18.9 Å². The van der Waals surface area contributed by atoms with Gasteiger partial charge < -0.3 is 14.8 Å². The van der Waals surface area contributed by atoms with Gasteiger partial charge in [-0.1, -0.05) is 12.1 Å². The Kier molecular flexibility index (Phi) is 6.16. The van der Waals surface area contributed by atoms with Crippen LogP contribution < -0.4 is 10.1 Å². The van der Waals surface area contributed by atoms with Crippen molar-refractivity contribution >= 4 is 11.9 Å². The van der Waals surface area contributed by atoms with Crippen molar-refractivity contribution in [2.24, 2.45) is 0 Å². The van der Waals surface area contributed by atoms with Gasteiger partial charge >= 0.3 is 12.1 Å². The van der Waals surface area contributed by atoms with Gasteiger partial charge in [0.25, 0.3) is 5.91 Å². The van der Waals surface area contributed by atoms with E-state index >= 15 is 0 Å². The van der Waals surface area contributed by atoms with E-state index in [-0.39, 0.29) is 6.61 Å². The van der Waals surface area contributed by atoms with Crippen LogP contribution in [0.25, 0.3) is 0 Å². The number of esters is 1. The highest BCUT2D eigenvalue weighted by atomic mass is 19.4. The monoisotopic (exact) mass is 368 g/mol. The van der Waals surface area contributed by atoms with E-state index in [1.807, 2.05) is 0 Å². The number of rotatable bonds is 6. The average molecular weight is 368 g/mol. The smallest absolute Gasteiger partial charge is 0.417 e. The second kappa shape index (κ2) is 8.32. The highest BCUT2D eigenvalue weighted by Gasteiger charge is 2.35. The quantitative estimate of drug-likeness (QED) is 0.793. The van der Waals surface area contributed by atoms with E-state index in [2.05, 4.69) is 10.3 Å². The first-order valence-corrected chi connectivity index (χ1v) is 7.39. The van der Waals surface area contributed by atoms with Crippen molar-refractivity contribution in [2.75, 3.05) is 13.7 Å². The summed E-state index contributed by atoms with van der Waals surface area (Å²) in [6.45, 7) is -0.637. The number of nitrogens with zero attached hydrogens (tertiary/aromatic N) is 1. The molecule has 0 fully saturated rings. The molecule has 0 bridgehead atoms. The summed E-state index contributed by atoms with van der Waals surface area (Å²) < 4.78 is 48.6. The third-order valence-electron chi connectivity index (χ3n) is 3.30. The fourth-order valence-corrected chi connectivity index (χ4v) is 2.05. The minimum absolute atomic E-state index is 0.0629. The Balaban J connectivity index is 1.90. The second-order valence-corrected chi connectivity index (χ2v) is 5.11. The summed E-state index contributed by atoms with van der Waals surface area (Å²) >= 11 is 0. The van der Waals surface area contributed by atoms with Gasteiger partial charge in [0.2, 0.25) is 0 Å². The zero-order valence-electron chi connectivity index (χ0n) is 13.7. The van der Waals surface area contributed by atoms with Crippen molar-refractivity contribution in [1.82, 2.24) is 10.3 Å². The van der Waals surface area contributed by atoms with E-state index in [9.17, 15) is 22.8 Å². The predicted octanol–water partition coefficient (Wildman–Crippen LogP) is 2.58. The molecular formula is C17H15F3N2O4. The molecule has 0 spiro atoms. The molecule has 1 N–H and O–H groups in total. The summed E-state index contributed by atoms with van der Waals surface area (Å²) in [5, 5.41) is 2.09. The van der Waals surface area contributed by atoms with Crippen LogP contribution in [0.4, 0.5) is 13.2 Å². The Morgan fingerprint density at radius 1 is 1.23 bits per heavy atom. The third-order valence-corrected chi connectivity index (χ3v) is 3.30. The van der Waals surface area contributed by atoms with Crippen LogP contribution in [0.5, 0.6) is 5.75 Å². The largest absolute Gasteiger partial charge is 0.497 e. The maximum atomic E-state index is 12.9. The Morgan fingerprint density at radius 3 is 2.69 bits per heavy atom. The van der Waals surface area contributed by atoms with Crippen molar-refractivity contribution in [3.8, 4) is 5.75 Å². The molecule has 1 aromatic carbocycles. The molecule has 26 heavy (non-hydrogen) atoms. The van der Waals surface area contributed by atoms with Gasteiger partial charge in [-0.2, -0.15) is 13.2 Å². The number of carbonyl (C=O) groups is 2. The number of hydrogen-bond acceptors (Lipinski definition) is 5. The first-order valence-electron chi connectivity index (χ1n) is 7.39. The Morgan fingerprint density at radius 2 is 2.00 bits per heavy atom. The number of aromatic nitrogens is 1. The van der Waals surface area contributed by atoms with Crippen LogP contribution in [0.15, 0.2) is 42.7 Å². The highest BCUT2D eigenvalue weighted by Crippen LogP contribution is 2.31. The SMILES string of the molecule is COc1cccc(COC(=O)CNC(=O)c2cnccc2C(F)(F)F)c1. The number of hydrogen-bond donors (Lipinski definition) is 1. The lowest BCUT2D eigenvalue weighted by Gasteiger charge is -2.12. The minimum Gasteiger partial charge on any atom is -0.497 e. The summed E-state index contributed by atoms with van der Waals surface area (Å²) in [5.41, 5.74) is -1.13. The van der Waals surface area contributed by atoms with Crippen molar-refractivity contribution in [3.05, 3.63) is 59.4 Å². The van der Waals surface area contributed by atoms with E-state index < -0.39 is 35.7 Å². The molecule has 6 nitrogen and oxygen atoms in total. The van der Waals surface area contributed by atoms with E-state index in [4.69, 9.17) is 9.47 Å². The van der Waals surface area contributed by atoms with E-state index in [0.717, 1.165) is 12.4 Å². The predicted molar refractivity (Wildman–Crippen MR) is 84.4 cm³/mol. The molecular weight excluding hydrogens is 353 g/mol. The van der Waals surface area contributed by atoms with Crippen molar-refractivity contribution in [2.45, 2.75) is 12.8 Å². The molecule has 0 unspecified atom stereocenters. The molecule has 0 aliphatic heterocycles. The third kappa shape index (κ3) is 5.20. The number of nitrogens with one attached hydrogen (secondary N) is 1. The Bertz CT molecular complexity index is 794. The molecule has 2 aromatic rings. The first kappa shape index (κ1) is 19.2. The summed E-state index contributed by atoms with van der Waals surface area (Å²) in [7, 11) is 1.49. The zero-order valence-corrected chi connectivity index (χ0v) is 13.7. The fraction of sp³-hybridized carbons (Fsp3) is 0.235. The maximum absolute atomic E-state index is 12.9. The van der Waals surface area contributed by atoms with Crippen molar-refractivity contribution in [3.63, 3.8) is 0 Å². The Hall–Kier alpha value is -3.10. The van der Waals surface area contributed by atoms with Crippen LogP contribution in [0.1, 0.15) is 21.5 Å². The lowest BCUT2D eigenvalue weighted by Crippen LogP contribution is -2.32. The van der Waals surface area contributed by atoms with E-state index in [1.54, 1.807) is 24.3 Å². The number of carbonyl (C=O) groups excluding carboxylic acids is 2. The minimum atomic E-state index is -4.71. The summed E-state index contributed by atoms with van der Waals surface area (Å²) in [6.07, 6.45) is -2.98. The fourth-order valence-electron chi connectivity index (χ4n) is 2.05. The lowest BCUT2D eigenvalue weighted by atomic mass is 10.1. The zero-order chi connectivity index (χ0) is 19.2. The number of benzene rings is 1. The molecule has 0 radical (unpaired) electrons. The van der Waals surface area contributed by atoms with Crippen molar-refractivity contribution < 1.29 is 32.2 Å². The lowest BCUT2D eigenvalue weighted by molar-refractivity contribution is -0.143. The number of pyridine rings is 1. The van der Waals surface area contributed by atoms with Gasteiger partial charge in [-0.15, -0.1) is 0 Å². The number of amides is 1. The summed E-state index contributed by atoms with van der Waals surface area (Å²) in [5.74, 6) is -1.27. The van der Waals surface area contributed by atoms with Crippen LogP contribution >= 0.6 is 0 Å². The summed E-state index contributed by atoms with van der Waals surface area (Å²) in [4.78, 5) is 27.1. The molecule has 0 aliphatic rings. The molecule has 0 saturated heterocycles. The van der Waals surface area contributed by atoms with Crippen molar-refractivity contribution in [1.29, 1.82) is 0 Å². The van der Waals surface area contributed by atoms with Gasteiger partial charge in [0.05, 0.1) is 18.2 Å². The van der Waals surface area contributed by atoms with Gasteiger partial charge in [0, 0.05) is 12.4 Å². The standard InChI is InChI=1S/C17H15F3N2O4/c1-25-12-4-2-3-11(7-12)10-26-15(23)9-22-16(24)13-8-21-6-5-14(13)17(18,19)20/h2-8H,9-10H2,1H3,(H,22,24). The number of alkyl halides is 3. The Labute approximate surface area is 146 Å². The highest BCUT2D eigenvalue weighted by molar-refractivity contribution is 5.97. The van der Waals surface area contributed by atoms with Crippen LogP contribution in [0.2, 0.25) is 0 Å². The number of halogens is 3. The summed E-state index contributed by atoms with van der Waals surface area (Å²) in [6, 6.07) is 7.50. The molecule has 1 heterocycles. The first-order chi connectivity index (χ1) is 12.3. The maximum Gasteiger partial charge on any atom is 0.417 e. The average Bonchev–Trinajstić information content (AvgIpc) is 2.64. The van der Waals surface area contributed by atoms with E-state index in [1.165, 1.54) is 7.11 Å². The molecule has 0 atom stereocenters. The normalized spacial score (nSPS) is 10.9. The van der Waals surface area contributed by atoms with Crippen LogP contribution in [-0.4, -0.2) is 30.5 Å². The van der Waals surface area contributed by atoms with Gasteiger partial charge in [-0.3, -0.25) is 14.6 Å². The molecule has 0 saturated carbocycles. The molecule has 1 amide bonds. The number of methoxy groups -OCH3 is 1. The van der Waals surface area contributed by atoms with Gasteiger partial charge in [0.15, 0.2) is 0 Å².